The van der Waals surface area contributed by atoms with Gasteiger partial charge < -0.3 is 4.74 Å². The quantitative estimate of drug-likeness (QED) is 0.124. The molecule has 7 rings (SSSR count). The van der Waals surface area contributed by atoms with Gasteiger partial charge in [-0.2, -0.15) is 0 Å². The lowest BCUT2D eigenvalue weighted by Gasteiger charge is -2.19. The number of amides is 2. The Hall–Kier alpha value is -4.43. The van der Waals surface area contributed by atoms with Gasteiger partial charge in [0.25, 0.3) is 0 Å². The number of benzene rings is 2. The van der Waals surface area contributed by atoms with Crippen molar-refractivity contribution < 1.29 is 23.9 Å². The number of anilines is 1. The Morgan fingerprint density at radius 1 is 1.00 bits per heavy atom. The summed E-state index contributed by atoms with van der Waals surface area (Å²) < 4.78 is 5.43. The largest absolute Gasteiger partial charge is 0.454 e. The second-order valence-corrected chi connectivity index (χ2v) is 12.0. The number of thiophene rings is 1. The number of Topliss-reactive ketones (excluding diaryl/α,β-unsaturated/α-hetero) is 1. The van der Waals surface area contributed by atoms with E-state index in [0.29, 0.717) is 32.7 Å². The molecule has 4 aromatic rings. The van der Waals surface area contributed by atoms with E-state index in [-0.39, 0.29) is 47.9 Å². The monoisotopic (exact) mass is 562 g/mol. The van der Waals surface area contributed by atoms with E-state index >= 15 is 0 Å². The molecule has 4 atom stereocenters. The number of ether oxygens (including phenoxy) is 1. The Morgan fingerprint density at radius 3 is 2.54 bits per heavy atom. The predicted molar refractivity (Wildman–Crippen MR) is 156 cm³/mol. The lowest BCUT2D eigenvalue weighted by atomic mass is 9.82. The highest BCUT2D eigenvalue weighted by molar-refractivity contribution is 7.12. The van der Waals surface area contributed by atoms with Crippen molar-refractivity contribution in [3.8, 4) is 11.3 Å². The number of esters is 1. The smallest absolute Gasteiger partial charge is 0.339 e. The average molecular weight is 563 g/mol. The van der Waals surface area contributed by atoms with Gasteiger partial charge in [-0.25, -0.2) is 9.78 Å². The van der Waals surface area contributed by atoms with Crippen LogP contribution in [0.15, 0.2) is 77.7 Å². The van der Waals surface area contributed by atoms with E-state index in [1.807, 2.05) is 25.1 Å². The molecule has 0 spiro atoms. The zero-order chi connectivity index (χ0) is 28.4. The Balaban J connectivity index is 1.18. The Kier molecular flexibility index (Phi) is 5.97. The molecule has 2 aromatic heterocycles. The molecule has 2 fully saturated rings. The van der Waals surface area contributed by atoms with Gasteiger partial charge in [-0.05, 0) is 73.9 Å². The van der Waals surface area contributed by atoms with Crippen molar-refractivity contribution in [1.82, 2.24) is 4.98 Å². The summed E-state index contributed by atoms with van der Waals surface area (Å²) in [6.07, 6.45) is 3.06. The number of pyridine rings is 1. The van der Waals surface area contributed by atoms with Gasteiger partial charge in [0.15, 0.2) is 6.61 Å². The molecule has 1 aliphatic heterocycles. The topological polar surface area (TPSA) is 93.6 Å². The molecule has 204 valence electrons. The molecule has 4 unspecified atom stereocenters. The van der Waals surface area contributed by atoms with E-state index in [1.165, 1.54) is 21.8 Å². The second-order valence-electron chi connectivity index (χ2n) is 11.1. The van der Waals surface area contributed by atoms with E-state index in [9.17, 15) is 19.2 Å². The van der Waals surface area contributed by atoms with Gasteiger partial charge in [0.1, 0.15) is 0 Å². The molecular formula is C33H26N2O5S. The number of ketones is 1. The first-order chi connectivity index (χ1) is 19.8. The predicted octanol–water partition coefficient (Wildman–Crippen LogP) is 6.01. The number of imide groups is 1. The second kappa shape index (κ2) is 9.59. The summed E-state index contributed by atoms with van der Waals surface area (Å²) >= 11 is 1.30. The first kappa shape index (κ1) is 25.5. The third-order valence-corrected chi connectivity index (χ3v) is 9.53. The molecule has 2 bridgehead atoms. The summed E-state index contributed by atoms with van der Waals surface area (Å²) in [7, 11) is 0. The molecule has 1 saturated heterocycles. The number of rotatable bonds is 6. The number of aromatic nitrogens is 1. The van der Waals surface area contributed by atoms with Crippen molar-refractivity contribution in [2.75, 3.05) is 11.5 Å². The van der Waals surface area contributed by atoms with Crippen molar-refractivity contribution in [1.29, 1.82) is 0 Å². The van der Waals surface area contributed by atoms with Crippen molar-refractivity contribution >= 4 is 51.5 Å². The number of nitrogens with zero attached hydrogens (tertiary/aromatic N) is 2. The lowest BCUT2D eigenvalue weighted by molar-refractivity contribution is -0.123. The molecule has 2 amide bonds. The van der Waals surface area contributed by atoms with Gasteiger partial charge in [-0.1, -0.05) is 41.5 Å². The number of hydrogen-bond acceptors (Lipinski definition) is 7. The summed E-state index contributed by atoms with van der Waals surface area (Å²) in [5.74, 6) is -1.31. The Bertz CT molecular complexity index is 1790. The summed E-state index contributed by atoms with van der Waals surface area (Å²) in [6.45, 7) is 3.63. The van der Waals surface area contributed by atoms with Gasteiger partial charge in [-0.3, -0.25) is 19.3 Å². The summed E-state index contributed by atoms with van der Waals surface area (Å²) in [5, 5.41) is 2.44. The molecule has 3 aliphatic rings. The van der Waals surface area contributed by atoms with Crippen LogP contribution in [-0.2, 0) is 14.3 Å². The van der Waals surface area contributed by atoms with Gasteiger partial charge >= 0.3 is 5.97 Å². The van der Waals surface area contributed by atoms with Crippen LogP contribution in [0.25, 0.3) is 22.2 Å². The molecule has 2 aliphatic carbocycles. The zero-order valence-corrected chi connectivity index (χ0v) is 23.3. The highest BCUT2D eigenvalue weighted by Crippen LogP contribution is 2.55. The van der Waals surface area contributed by atoms with E-state index < -0.39 is 5.97 Å². The van der Waals surface area contributed by atoms with Crippen molar-refractivity contribution in [2.24, 2.45) is 23.7 Å². The van der Waals surface area contributed by atoms with Crippen LogP contribution < -0.4 is 4.90 Å². The maximum Gasteiger partial charge on any atom is 0.339 e. The van der Waals surface area contributed by atoms with E-state index in [0.717, 1.165) is 17.5 Å². The van der Waals surface area contributed by atoms with Crippen molar-refractivity contribution in [2.45, 2.75) is 20.3 Å². The van der Waals surface area contributed by atoms with Crippen LogP contribution in [0.4, 0.5) is 5.69 Å². The average Bonchev–Trinajstić information content (AvgIpc) is 3.76. The molecule has 8 heteroatoms. The van der Waals surface area contributed by atoms with Gasteiger partial charge in [0.05, 0.1) is 39.2 Å². The lowest BCUT2D eigenvalue weighted by Crippen LogP contribution is -2.32. The summed E-state index contributed by atoms with van der Waals surface area (Å²) in [5.41, 5.74) is 4.91. The van der Waals surface area contributed by atoms with E-state index in [1.54, 1.807) is 47.8 Å². The molecule has 1 saturated carbocycles. The van der Waals surface area contributed by atoms with Crippen molar-refractivity contribution in [3.63, 3.8) is 0 Å². The maximum atomic E-state index is 13.4. The first-order valence-electron chi connectivity index (χ1n) is 13.6. The third kappa shape index (κ3) is 4.13. The SMILES string of the molecule is CC1=CC2CC1C1C(=O)N(c3ccc(-c4cc(C(=O)OCC(=O)c5cccs5)c5cc(C)ccc5n4)cc3)C(=O)C21. The number of hydrogen-bond donors (Lipinski definition) is 0. The fraction of sp³-hybridized carbons (Fsp3) is 0.242. The van der Waals surface area contributed by atoms with Crippen LogP contribution in [0.3, 0.4) is 0 Å². The molecular weight excluding hydrogens is 536 g/mol. The molecule has 3 heterocycles. The van der Waals surface area contributed by atoms with Crippen LogP contribution in [0.2, 0.25) is 0 Å². The van der Waals surface area contributed by atoms with Crippen LogP contribution in [0.5, 0.6) is 0 Å². The first-order valence-corrected chi connectivity index (χ1v) is 14.5. The fourth-order valence-corrected chi connectivity index (χ4v) is 7.33. The molecule has 41 heavy (non-hydrogen) atoms. The molecule has 0 N–H and O–H groups in total. The number of allylic oxidation sites excluding steroid dienone is 2. The van der Waals surface area contributed by atoms with Crippen LogP contribution in [0.1, 0.15) is 38.9 Å². The third-order valence-electron chi connectivity index (χ3n) is 8.62. The van der Waals surface area contributed by atoms with Gasteiger partial charge in [-0.15, -0.1) is 11.3 Å². The van der Waals surface area contributed by atoms with Gasteiger partial charge in [0, 0.05) is 10.9 Å². The number of aryl methyl sites for hydroxylation is 1. The Morgan fingerprint density at radius 2 is 1.78 bits per heavy atom. The molecule has 7 nitrogen and oxygen atoms in total. The molecule has 0 radical (unpaired) electrons. The van der Waals surface area contributed by atoms with Crippen LogP contribution in [0, 0.1) is 30.6 Å². The van der Waals surface area contributed by atoms with Crippen molar-refractivity contribution in [3.05, 3.63) is 93.7 Å². The summed E-state index contributed by atoms with van der Waals surface area (Å²) in [6, 6.07) is 17.9. The highest BCUT2D eigenvalue weighted by atomic mass is 32.1. The fourth-order valence-electron chi connectivity index (χ4n) is 6.68. The van der Waals surface area contributed by atoms with E-state index in [2.05, 4.69) is 13.0 Å². The minimum atomic E-state index is -0.607. The minimum Gasteiger partial charge on any atom is -0.454 e. The van der Waals surface area contributed by atoms with Crippen LogP contribution in [-0.4, -0.2) is 35.2 Å². The van der Waals surface area contributed by atoms with Crippen LogP contribution >= 0.6 is 11.3 Å². The number of carbonyl (C=O) groups excluding carboxylic acids is 4. The Labute approximate surface area is 240 Å². The summed E-state index contributed by atoms with van der Waals surface area (Å²) in [4.78, 5) is 59.0. The number of fused-ring (bicyclic) bond motifs is 6. The molecule has 2 aromatic carbocycles. The highest BCUT2D eigenvalue weighted by Gasteiger charge is 2.60. The van der Waals surface area contributed by atoms with Gasteiger partial charge in [0.2, 0.25) is 17.6 Å². The maximum absolute atomic E-state index is 13.4. The van der Waals surface area contributed by atoms with E-state index in [4.69, 9.17) is 9.72 Å². The number of carbonyl (C=O) groups is 4. The standard InChI is InChI=1S/C33H26N2O5S/c1-17-5-10-25-23(12-17)24(33(39)40-16-27(36)28-4-3-11-41-28)15-26(34-25)19-6-8-21(9-7-19)35-31(37)29-20-13-18(2)22(14-20)30(29)32(35)38/h3-13,15,20,22,29-30H,14,16H2,1-2H3. The normalized spacial score (nSPS) is 22.8. The minimum absolute atomic E-state index is 0.117. The zero-order valence-electron chi connectivity index (χ0n) is 22.5.